The second kappa shape index (κ2) is 5.77. The zero-order valence-corrected chi connectivity index (χ0v) is 10.1. The molecule has 1 amide bonds. The predicted octanol–water partition coefficient (Wildman–Crippen LogP) is -0.406. The van der Waals surface area contributed by atoms with Crippen LogP contribution in [0.25, 0.3) is 0 Å². The smallest absolute Gasteiger partial charge is 0.325 e. The van der Waals surface area contributed by atoms with Crippen LogP contribution in [0.3, 0.4) is 0 Å². The van der Waals surface area contributed by atoms with Gasteiger partial charge in [0, 0.05) is 13.6 Å². The van der Waals surface area contributed by atoms with Crippen LogP contribution < -0.4 is 0 Å². The lowest BCUT2D eigenvalue weighted by Gasteiger charge is -2.16. The summed E-state index contributed by atoms with van der Waals surface area (Å²) in [6.07, 6.45) is 1.27. The van der Waals surface area contributed by atoms with Gasteiger partial charge >= 0.3 is 5.97 Å². The summed E-state index contributed by atoms with van der Waals surface area (Å²) in [7, 11) is 1.55. The van der Waals surface area contributed by atoms with E-state index in [2.05, 4.69) is 10.3 Å². The van der Waals surface area contributed by atoms with Crippen LogP contribution in [0.4, 0.5) is 0 Å². The zero-order chi connectivity index (χ0) is 13.7. The SMILES string of the molecule is CC(C#N)CN(C)C(=O)c1cn(CC(=O)O)nn1. The van der Waals surface area contributed by atoms with Crippen LogP contribution in [-0.2, 0) is 11.3 Å². The summed E-state index contributed by atoms with van der Waals surface area (Å²) in [6, 6.07) is 2.02. The molecular formula is C10H13N5O3. The fourth-order valence-electron chi connectivity index (χ4n) is 1.34. The van der Waals surface area contributed by atoms with Gasteiger partial charge < -0.3 is 10.0 Å². The highest BCUT2D eigenvalue weighted by atomic mass is 16.4. The van der Waals surface area contributed by atoms with Crippen molar-refractivity contribution in [1.82, 2.24) is 19.9 Å². The molecule has 1 rings (SSSR count). The number of nitriles is 1. The monoisotopic (exact) mass is 251 g/mol. The first kappa shape index (κ1) is 13.6. The summed E-state index contributed by atoms with van der Waals surface area (Å²) in [4.78, 5) is 23.6. The van der Waals surface area contributed by atoms with Crippen molar-refractivity contribution in [2.45, 2.75) is 13.5 Å². The van der Waals surface area contributed by atoms with Crippen molar-refractivity contribution in [2.24, 2.45) is 5.92 Å². The first-order valence-electron chi connectivity index (χ1n) is 5.21. The number of carboxylic acids is 1. The molecule has 0 saturated heterocycles. The van der Waals surface area contributed by atoms with Crippen LogP contribution in [0.5, 0.6) is 0 Å². The van der Waals surface area contributed by atoms with E-state index in [0.29, 0.717) is 0 Å². The fraction of sp³-hybridized carbons (Fsp3) is 0.500. The van der Waals surface area contributed by atoms with Crippen LogP contribution in [0.2, 0.25) is 0 Å². The number of aliphatic carboxylic acids is 1. The summed E-state index contributed by atoms with van der Waals surface area (Å²) >= 11 is 0. The van der Waals surface area contributed by atoms with E-state index in [1.807, 2.05) is 6.07 Å². The Hall–Kier alpha value is -2.43. The molecule has 8 nitrogen and oxygen atoms in total. The molecule has 0 fully saturated rings. The molecule has 1 aromatic rings. The van der Waals surface area contributed by atoms with E-state index in [9.17, 15) is 9.59 Å². The first-order chi connectivity index (χ1) is 8.43. The minimum absolute atomic E-state index is 0.0592. The quantitative estimate of drug-likeness (QED) is 0.761. The molecule has 1 atom stereocenters. The highest BCUT2D eigenvalue weighted by Crippen LogP contribution is 2.02. The molecule has 1 N–H and O–H groups in total. The molecule has 0 aliphatic rings. The lowest BCUT2D eigenvalue weighted by Crippen LogP contribution is -2.30. The number of carboxylic acid groups (broad SMARTS) is 1. The summed E-state index contributed by atoms with van der Waals surface area (Å²) in [6.45, 7) is 1.63. The van der Waals surface area contributed by atoms with E-state index < -0.39 is 11.9 Å². The standard InChI is InChI=1S/C10H13N5O3/c1-7(3-11)4-14(2)10(18)8-5-15(13-12-8)6-9(16)17/h5,7H,4,6H2,1-2H3,(H,16,17). The van der Waals surface area contributed by atoms with Gasteiger partial charge in [0.1, 0.15) is 6.54 Å². The van der Waals surface area contributed by atoms with Gasteiger partial charge in [0.05, 0.1) is 18.2 Å². The molecule has 0 aliphatic carbocycles. The van der Waals surface area contributed by atoms with Gasteiger partial charge in [-0.1, -0.05) is 5.21 Å². The zero-order valence-electron chi connectivity index (χ0n) is 10.1. The topological polar surface area (TPSA) is 112 Å². The van der Waals surface area contributed by atoms with Gasteiger partial charge in [-0.15, -0.1) is 5.10 Å². The van der Waals surface area contributed by atoms with E-state index in [1.54, 1.807) is 14.0 Å². The van der Waals surface area contributed by atoms with Crippen LogP contribution >= 0.6 is 0 Å². The predicted molar refractivity (Wildman–Crippen MR) is 59.4 cm³/mol. The molecule has 0 radical (unpaired) electrons. The van der Waals surface area contributed by atoms with Crippen LogP contribution in [0.1, 0.15) is 17.4 Å². The second-order valence-electron chi connectivity index (χ2n) is 3.91. The average molecular weight is 251 g/mol. The normalized spacial score (nSPS) is 11.6. The molecular weight excluding hydrogens is 238 g/mol. The van der Waals surface area contributed by atoms with Gasteiger partial charge in [-0.2, -0.15) is 5.26 Å². The minimum Gasteiger partial charge on any atom is -0.480 e. The Kier molecular flexibility index (Phi) is 4.37. The van der Waals surface area contributed by atoms with Gasteiger partial charge in [-0.05, 0) is 6.92 Å². The van der Waals surface area contributed by atoms with E-state index in [4.69, 9.17) is 10.4 Å². The summed E-state index contributed by atoms with van der Waals surface area (Å²) in [5.41, 5.74) is 0.0592. The molecule has 96 valence electrons. The highest BCUT2D eigenvalue weighted by Gasteiger charge is 2.18. The van der Waals surface area contributed by atoms with Crippen molar-refractivity contribution >= 4 is 11.9 Å². The lowest BCUT2D eigenvalue weighted by atomic mass is 10.2. The number of aromatic nitrogens is 3. The van der Waals surface area contributed by atoms with E-state index in [-0.39, 0.29) is 24.7 Å². The fourth-order valence-corrected chi connectivity index (χ4v) is 1.34. The number of carbonyl (C=O) groups excluding carboxylic acids is 1. The van der Waals surface area contributed by atoms with Crippen molar-refractivity contribution < 1.29 is 14.7 Å². The molecule has 1 unspecified atom stereocenters. The third kappa shape index (κ3) is 3.55. The van der Waals surface area contributed by atoms with Gasteiger partial charge in [-0.3, -0.25) is 9.59 Å². The second-order valence-corrected chi connectivity index (χ2v) is 3.91. The Bertz CT molecular complexity index is 490. The molecule has 0 aliphatic heterocycles. The summed E-state index contributed by atoms with van der Waals surface area (Å²) < 4.78 is 1.07. The maximum Gasteiger partial charge on any atom is 0.325 e. The van der Waals surface area contributed by atoms with Crippen molar-refractivity contribution in [3.63, 3.8) is 0 Å². The number of hydrogen-bond donors (Lipinski definition) is 1. The summed E-state index contributed by atoms with van der Waals surface area (Å²) in [5, 5.41) is 24.3. The van der Waals surface area contributed by atoms with Gasteiger partial charge in [0.2, 0.25) is 0 Å². The molecule has 1 heterocycles. The van der Waals surface area contributed by atoms with E-state index in [1.165, 1.54) is 11.1 Å². The Labute approximate surface area is 103 Å². The maximum atomic E-state index is 11.8. The molecule has 1 aromatic heterocycles. The number of amides is 1. The van der Waals surface area contributed by atoms with Crippen molar-refractivity contribution in [3.05, 3.63) is 11.9 Å². The lowest BCUT2D eigenvalue weighted by molar-refractivity contribution is -0.137. The van der Waals surface area contributed by atoms with Crippen molar-refractivity contribution in [3.8, 4) is 6.07 Å². The average Bonchev–Trinajstić information content (AvgIpc) is 2.75. The number of hydrogen-bond acceptors (Lipinski definition) is 5. The van der Waals surface area contributed by atoms with Gasteiger partial charge in [-0.25, -0.2) is 4.68 Å². The summed E-state index contributed by atoms with van der Waals surface area (Å²) in [5.74, 6) is -1.74. The third-order valence-electron chi connectivity index (χ3n) is 2.17. The maximum absolute atomic E-state index is 11.8. The van der Waals surface area contributed by atoms with Crippen LogP contribution in [-0.4, -0.2) is 50.5 Å². The molecule has 0 bridgehead atoms. The molecule has 0 saturated carbocycles. The van der Waals surface area contributed by atoms with Crippen LogP contribution in [0.15, 0.2) is 6.20 Å². The minimum atomic E-state index is -1.06. The number of carbonyl (C=O) groups is 2. The van der Waals surface area contributed by atoms with Crippen LogP contribution in [0, 0.1) is 17.2 Å². The Morgan fingerprint density at radius 1 is 1.67 bits per heavy atom. The Morgan fingerprint density at radius 3 is 2.89 bits per heavy atom. The number of nitrogens with zero attached hydrogens (tertiary/aromatic N) is 5. The molecule has 0 spiro atoms. The largest absolute Gasteiger partial charge is 0.480 e. The van der Waals surface area contributed by atoms with E-state index >= 15 is 0 Å². The first-order valence-corrected chi connectivity index (χ1v) is 5.21. The van der Waals surface area contributed by atoms with Gasteiger partial charge in [0.25, 0.3) is 5.91 Å². The molecule has 8 heteroatoms. The Morgan fingerprint density at radius 2 is 2.33 bits per heavy atom. The van der Waals surface area contributed by atoms with Crippen molar-refractivity contribution in [2.75, 3.05) is 13.6 Å². The van der Waals surface area contributed by atoms with Gasteiger partial charge in [0.15, 0.2) is 5.69 Å². The molecule has 18 heavy (non-hydrogen) atoms. The van der Waals surface area contributed by atoms with Crippen molar-refractivity contribution in [1.29, 1.82) is 5.26 Å². The molecule has 0 aromatic carbocycles. The third-order valence-corrected chi connectivity index (χ3v) is 2.17. The number of rotatable bonds is 5. The Balaban J connectivity index is 2.69. The highest BCUT2D eigenvalue weighted by molar-refractivity contribution is 5.91. The van der Waals surface area contributed by atoms with E-state index in [0.717, 1.165) is 4.68 Å².